The second-order valence-electron chi connectivity index (χ2n) is 17.6. The van der Waals surface area contributed by atoms with E-state index in [9.17, 15) is 66.0 Å². The molecule has 0 saturated carbocycles. The highest BCUT2D eigenvalue weighted by Gasteiger charge is 2.58. The SMILES string of the molecule is C[C@@]1(O)[C@H](F)[C@@H](CO)O[C@H]1n1cnc2c(=O)[nH]c(N)nc21.C[C@@]1(O)[C@H](F)[C@@H](COP(=O)(O)O)O[C@H]1n1cnc2c(=O)[nH]c(N)nc21.C[C@@]1(O)[C@H](F)[C@@H](COP(=O)(O)OP(=O)(O)OP(=O)(O)O)O[C@H]1n1cnc2c(=O)[nH]c(N)nc21. The van der Waals surface area contributed by atoms with Crippen LogP contribution in [0.25, 0.3) is 33.5 Å². The summed E-state index contributed by atoms with van der Waals surface area (Å²) in [6.45, 7) is 0.829. The van der Waals surface area contributed by atoms with Crippen molar-refractivity contribution in [1.29, 1.82) is 0 Å². The van der Waals surface area contributed by atoms with Crippen molar-refractivity contribution in [3.05, 3.63) is 50.0 Å². The number of fused-ring (bicyclic) bond motifs is 3. The molecule has 3 aliphatic rings. The predicted octanol–water partition coefficient (Wildman–Crippen LogP) is -3.49. The van der Waals surface area contributed by atoms with Crippen molar-refractivity contribution in [2.45, 2.75) is 93.1 Å². The maximum absolute atomic E-state index is 14.9. The zero-order valence-electron chi connectivity index (χ0n) is 39.9. The van der Waals surface area contributed by atoms with Gasteiger partial charge < -0.3 is 81.2 Å². The van der Waals surface area contributed by atoms with E-state index in [0.717, 1.165) is 35.6 Å². The topological polar surface area (TPSA) is 604 Å². The summed E-state index contributed by atoms with van der Waals surface area (Å²) in [6.07, 6.45) is -11.4. The van der Waals surface area contributed by atoms with Gasteiger partial charge in [-0.25, -0.2) is 46.4 Å². The minimum absolute atomic E-state index is 0.00791. The Morgan fingerprint density at radius 1 is 0.557 bits per heavy atom. The number of halogens is 3. The van der Waals surface area contributed by atoms with Crippen LogP contribution in [0.15, 0.2) is 33.4 Å². The summed E-state index contributed by atoms with van der Waals surface area (Å²) in [7, 11) is -21.8. The van der Waals surface area contributed by atoms with E-state index in [-0.39, 0.29) is 51.3 Å². The molecule has 19 N–H and O–H groups in total. The highest BCUT2D eigenvalue weighted by atomic mass is 31.3. The minimum atomic E-state index is -5.78. The molecule has 2 unspecified atom stereocenters. The molecule has 39 nitrogen and oxygen atoms in total. The van der Waals surface area contributed by atoms with Crippen molar-refractivity contribution >= 4 is 82.6 Å². The number of nitrogen functional groups attached to an aromatic ring is 3. The quantitative estimate of drug-likeness (QED) is 0.0471. The second-order valence-corrected chi connectivity index (χ2v) is 23.3. The molecule has 0 radical (unpaired) electrons. The van der Waals surface area contributed by atoms with Crippen LogP contribution < -0.4 is 33.9 Å². The number of phosphoric ester groups is 2. The number of H-pyrrole nitrogens is 3. The number of aromatic amines is 3. The third-order valence-electron chi connectivity index (χ3n) is 11.6. The number of phosphoric acid groups is 4. The molecule has 46 heteroatoms. The second kappa shape index (κ2) is 21.8. The van der Waals surface area contributed by atoms with Crippen LogP contribution in [0.5, 0.6) is 0 Å². The third kappa shape index (κ3) is 12.8. The minimum Gasteiger partial charge on any atom is -0.394 e. The van der Waals surface area contributed by atoms with Crippen molar-refractivity contribution < 1.29 is 113 Å². The first-order valence-electron chi connectivity index (χ1n) is 21.6. The number of nitrogens with one attached hydrogen (secondary N) is 3. The molecule has 3 aliphatic heterocycles. The molecule has 0 spiro atoms. The highest BCUT2D eigenvalue weighted by Crippen LogP contribution is 2.66. The number of rotatable bonds is 14. The van der Waals surface area contributed by atoms with Gasteiger partial charge in [0.25, 0.3) is 16.7 Å². The molecule has 0 aromatic carbocycles. The van der Waals surface area contributed by atoms with Crippen LogP contribution in [-0.2, 0) is 50.1 Å². The number of aromatic nitrogens is 12. The lowest BCUT2D eigenvalue weighted by Crippen LogP contribution is -2.41. The van der Waals surface area contributed by atoms with Gasteiger partial charge in [-0.3, -0.25) is 52.1 Å². The lowest BCUT2D eigenvalue weighted by atomic mass is 9.98. The molecule has 0 amide bonds. The van der Waals surface area contributed by atoms with Crippen LogP contribution in [0.4, 0.5) is 31.0 Å². The van der Waals surface area contributed by atoms with E-state index in [1.807, 2.05) is 0 Å². The molecule has 0 bridgehead atoms. The molecular formula is C33H46F3N15O24P4. The fourth-order valence-corrected chi connectivity index (χ4v) is 11.4. The van der Waals surface area contributed by atoms with Crippen molar-refractivity contribution in [2.24, 2.45) is 0 Å². The average molecular weight is 1220 g/mol. The molecule has 9 rings (SSSR count). The lowest BCUT2D eigenvalue weighted by Gasteiger charge is -2.26. The molecule has 79 heavy (non-hydrogen) atoms. The van der Waals surface area contributed by atoms with Crippen LogP contribution >= 0.6 is 31.3 Å². The summed E-state index contributed by atoms with van der Waals surface area (Å²) < 4.78 is 123. The fourth-order valence-electron chi connectivity index (χ4n) is 8.06. The molecule has 3 fully saturated rings. The van der Waals surface area contributed by atoms with Gasteiger partial charge in [-0.15, -0.1) is 0 Å². The molecule has 3 saturated heterocycles. The first-order valence-corrected chi connectivity index (χ1v) is 27.7. The Morgan fingerprint density at radius 2 is 0.873 bits per heavy atom. The maximum atomic E-state index is 14.9. The predicted molar refractivity (Wildman–Crippen MR) is 251 cm³/mol. The number of aliphatic hydroxyl groups excluding tert-OH is 1. The number of anilines is 3. The summed E-state index contributed by atoms with van der Waals surface area (Å²) in [5, 5.41) is 40.4. The molecule has 9 heterocycles. The number of nitrogens with two attached hydrogens (primary N) is 3. The van der Waals surface area contributed by atoms with E-state index >= 15 is 0 Å². The molecule has 14 atom stereocenters. The van der Waals surface area contributed by atoms with Gasteiger partial charge in [0.05, 0.1) is 38.8 Å². The van der Waals surface area contributed by atoms with Gasteiger partial charge >= 0.3 is 31.3 Å². The molecule has 438 valence electrons. The van der Waals surface area contributed by atoms with Crippen LogP contribution in [0.1, 0.15) is 39.5 Å². The largest absolute Gasteiger partial charge is 0.490 e. The molecular weight excluding hydrogens is 1170 g/mol. The zero-order chi connectivity index (χ0) is 58.9. The summed E-state index contributed by atoms with van der Waals surface area (Å²) in [5.41, 5.74) is 7.67. The molecule has 6 aromatic heterocycles. The molecule has 0 aliphatic carbocycles. The monoisotopic (exact) mass is 1220 g/mol. The van der Waals surface area contributed by atoms with Crippen molar-refractivity contribution in [1.82, 2.24) is 58.6 Å². The van der Waals surface area contributed by atoms with Gasteiger partial charge in [0.1, 0.15) is 35.1 Å². The summed E-state index contributed by atoms with van der Waals surface area (Å²) in [5.74, 6) is -0.662. The summed E-state index contributed by atoms with van der Waals surface area (Å²) >= 11 is 0. The van der Waals surface area contributed by atoms with Gasteiger partial charge in [0.2, 0.25) is 17.8 Å². The number of hydrogen-bond acceptors (Lipinski definition) is 27. The summed E-state index contributed by atoms with van der Waals surface area (Å²) in [6, 6.07) is 0. The number of hydrogen-bond donors (Lipinski definition) is 16. The normalized spacial score (nSPS) is 30.7. The smallest absolute Gasteiger partial charge is 0.394 e. The fraction of sp³-hybridized carbons (Fsp3) is 0.545. The van der Waals surface area contributed by atoms with Crippen molar-refractivity contribution in [3.8, 4) is 0 Å². The van der Waals surface area contributed by atoms with Crippen molar-refractivity contribution in [3.63, 3.8) is 0 Å². The average Bonchev–Trinajstić information content (AvgIpc) is 4.32. The Kier molecular flexibility index (Phi) is 16.8. The van der Waals surface area contributed by atoms with Gasteiger partial charge in [-0.05, 0) is 20.8 Å². The first kappa shape index (κ1) is 61.1. The maximum Gasteiger partial charge on any atom is 0.490 e. The summed E-state index contributed by atoms with van der Waals surface area (Å²) in [4.78, 5) is 118. The van der Waals surface area contributed by atoms with E-state index < -0.39 is 140 Å². The third-order valence-corrected chi connectivity index (χ3v) is 15.9. The highest BCUT2D eigenvalue weighted by molar-refractivity contribution is 7.66. The standard InChI is InChI=1S/C11H17FN5O13P3.C11H15FN5O7P.C11H14FN5O4/c1-11(19)6(12)4(2-27-32(23,24)30-33(25,26)29-31(20,21)22)28-9(11)17-3-14-5-7(17)15-10(13)16-8(5)18;1-11(19)6(12)4(2-23-25(20,21)22)24-9(11)17-3-14-5-7(17)15-10(13)16-8(5)18;1-11(20)6(12)4(2-18)21-9(11)17-3-14-5-7(17)15-10(13)16-8(5)19/h3-4,6,9,19H,2H2,1H3,(H,23,24)(H,25,26)(H2,20,21,22)(H3,13,15,16,18);3-4,6,9,19H,2H2,1H3,(H2,20,21,22)(H3,13,15,16,18);3-4,6,9,18,20H,2H2,1H3,(H3,13,15,16,19)/t3*4-,6-,9-,11-/m111/s1. The van der Waals surface area contributed by atoms with E-state index in [1.165, 1.54) is 17.8 Å². The number of aliphatic hydroxyl groups is 4. The first-order chi connectivity index (χ1) is 36.3. The number of imidazole rings is 3. The van der Waals surface area contributed by atoms with E-state index in [2.05, 4.69) is 62.5 Å². The van der Waals surface area contributed by atoms with Crippen LogP contribution in [0.2, 0.25) is 0 Å². The van der Waals surface area contributed by atoms with Crippen LogP contribution in [0, 0.1) is 0 Å². The number of ether oxygens (including phenoxy) is 3. The van der Waals surface area contributed by atoms with E-state index in [1.54, 1.807) is 0 Å². The Morgan fingerprint density at radius 3 is 1.18 bits per heavy atom. The van der Waals surface area contributed by atoms with E-state index in [4.69, 9.17) is 61.0 Å². The number of nitrogens with zero attached hydrogens (tertiary/aromatic N) is 9. The van der Waals surface area contributed by atoms with Gasteiger partial charge in [-0.2, -0.15) is 23.6 Å². The molecule has 6 aromatic rings. The Balaban J connectivity index is 0.000000176. The van der Waals surface area contributed by atoms with E-state index in [0.29, 0.717) is 0 Å². The van der Waals surface area contributed by atoms with Gasteiger partial charge in [-0.1, -0.05) is 0 Å². The van der Waals surface area contributed by atoms with Crippen molar-refractivity contribution in [2.75, 3.05) is 37.0 Å². The lowest BCUT2D eigenvalue weighted by molar-refractivity contribution is -0.0892. The van der Waals surface area contributed by atoms with Gasteiger partial charge in [0, 0.05) is 0 Å². The number of alkyl halides is 3. The van der Waals surface area contributed by atoms with Gasteiger partial charge in [0.15, 0.2) is 70.7 Å². The zero-order valence-corrected chi connectivity index (χ0v) is 43.5. The van der Waals surface area contributed by atoms with Crippen LogP contribution in [0.3, 0.4) is 0 Å². The Bertz CT molecular complexity index is 3640. The van der Waals surface area contributed by atoms with Crippen LogP contribution in [-0.4, -0.2) is 182 Å². The Hall–Kier alpha value is -5.52. The Labute approximate surface area is 433 Å².